The van der Waals surface area contributed by atoms with Gasteiger partial charge < -0.3 is 15.2 Å². The molecule has 1 saturated heterocycles. The molecule has 0 aromatic heterocycles. The average Bonchev–Trinajstić information content (AvgIpc) is 2.32. The van der Waals surface area contributed by atoms with E-state index in [-0.39, 0.29) is 18.8 Å². The summed E-state index contributed by atoms with van der Waals surface area (Å²) in [5.74, 6) is 0. The monoisotopic (exact) mass is 157 g/mol. The molecule has 0 unspecified atom stereocenters. The first kappa shape index (κ1) is 8.07. The van der Waals surface area contributed by atoms with E-state index in [1.807, 2.05) is 0 Å². The number of aliphatic hydroxyl groups is 1. The summed E-state index contributed by atoms with van der Waals surface area (Å²) in [7, 11) is 0. The number of carbonyl (C=O) groups is 1. The molecule has 1 heterocycles. The quantitative estimate of drug-likeness (QED) is 0.568. The summed E-state index contributed by atoms with van der Waals surface area (Å²) in [4.78, 5) is 10.6. The smallest absolute Gasteiger partial charge is 0.408 e. The first-order chi connectivity index (χ1) is 5.27. The number of rotatable bonds is 3. The summed E-state index contributed by atoms with van der Waals surface area (Å²) < 4.78 is 4.80. The van der Waals surface area contributed by atoms with Crippen LogP contribution in [0.15, 0.2) is 12.7 Å². The van der Waals surface area contributed by atoms with E-state index < -0.39 is 6.09 Å². The van der Waals surface area contributed by atoms with Gasteiger partial charge in [-0.3, -0.25) is 0 Å². The minimum atomic E-state index is -0.437. The highest BCUT2D eigenvalue weighted by Gasteiger charge is 2.30. The molecule has 1 aliphatic rings. The van der Waals surface area contributed by atoms with Gasteiger partial charge in [0.05, 0.1) is 6.04 Å². The van der Waals surface area contributed by atoms with Crippen LogP contribution in [0.5, 0.6) is 0 Å². The number of hydrogen-bond acceptors (Lipinski definition) is 3. The van der Waals surface area contributed by atoms with Crippen LogP contribution in [0.4, 0.5) is 4.79 Å². The molecule has 0 aliphatic carbocycles. The van der Waals surface area contributed by atoms with Crippen molar-refractivity contribution in [3.63, 3.8) is 0 Å². The predicted octanol–water partition coefficient (Wildman–Crippen LogP) is 0.0318. The summed E-state index contributed by atoms with van der Waals surface area (Å²) in [5, 5.41) is 11.1. The fraction of sp³-hybridized carbons (Fsp3) is 0.571. The molecule has 1 rings (SSSR count). The lowest BCUT2D eigenvalue weighted by molar-refractivity contribution is 0.149. The van der Waals surface area contributed by atoms with Crippen molar-refractivity contribution in [1.82, 2.24) is 5.32 Å². The normalized spacial score (nSPS) is 29.4. The molecule has 2 atom stereocenters. The third-order valence-electron chi connectivity index (χ3n) is 1.62. The Bertz CT molecular complexity index is 169. The number of aliphatic hydroxyl groups excluding tert-OH is 1. The number of ether oxygens (including phenoxy) is 1. The number of hydrogen-bond donors (Lipinski definition) is 2. The van der Waals surface area contributed by atoms with Crippen LogP contribution in [0.2, 0.25) is 0 Å². The maximum absolute atomic E-state index is 10.6. The van der Waals surface area contributed by atoms with Gasteiger partial charge in [0.15, 0.2) is 0 Å². The summed E-state index contributed by atoms with van der Waals surface area (Å²) in [6.07, 6.45) is 1.32. The van der Waals surface area contributed by atoms with Crippen LogP contribution in [-0.4, -0.2) is 30.0 Å². The van der Waals surface area contributed by atoms with Crippen LogP contribution in [-0.2, 0) is 4.74 Å². The molecule has 4 heteroatoms. The second-order valence-electron chi connectivity index (χ2n) is 2.37. The molecule has 0 spiro atoms. The molecule has 1 aliphatic heterocycles. The summed E-state index contributed by atoms with van der Waals surface area (Å²) in [6, 6.07) is -0.120. The van der Waals surface area contributed by atoms with Gasteiger partial charge >= 0.3 is 6.09 Å². The Hall–Kier alpha value is -1.03. The number of alkyl carbamates (subject to hydrolysis) is 1. The number of amides is 1. The predicted molar refractivity (Wildman–Crippen MR) is 39.1 cm³/mol. The molecule has 0 aromatic carbocycles. The second-order valence-corrected chi connectivity index (χ2v) is 2.37. The second kappa shape index (κ2) is 3.39. The Morgan fingerprint density at radius 3 is 3.09 bits per heavy atom. The minimum Gasteiger partial charge on any atom is -0.440 e. The SMILES string of the molecule is C=C[C@H]1OC(=O)N[C@H]1CCO. The van der Waals surface area contributed by atoms with Gasteiger partial charge in [0.25, 0.3) is 0 Å². The molecule has 2 N–H and O–H groups in total. The van der Waals surface area contributed by atoms with Gasteiger partial charge in [-0.05, 0) is 12.5 Å². The van der Waals surface area contributed by atoms with Crippen molar-refractivity contribution < 1.29 is 14.6 Å². The van der Waals surface area contributed by atoms with Crippen LogP contribution in [0.1, 0.15) is 6.42 Å². The standard InChI is InChI=1S/C7H11NO3/c1-2-6-5(3-4-9)8-7(10)11-6/h2,5-6,9H,1,3-4H2,(H,8,10)/t5-,6+/m0/s1. The lowest BCUT2D eigenvalue weighted by Crippen LogP contribution is -2.31. The van der Waals surface area contributed by atoms with Gasteiger partial charge in [-0.1, -0.05) is 6.58 Å². The Morgan fingerprint density at radius 2 is 2.55 bits per heavy atom. The lowest BCUT2D eigenvalue weighted by atomic mass is 10.1. The summed E-state index contributed by atoms with van der Waals surface area (Å²) in [6.45, 7) is 3.55. The summed E-state index contributed by atoms with van der Waals surface area (Å²) >= 11 is 0. The van der Waals surface area contributed by atoms with Crippen molar-refractivity contribution in [2.75, 3.05) is 6.61 Å². The zero-order valence-electron chi connectivity index (χ0n) is 6.12. The molecule has 1 amide bonds. The van der Waals surface area contributed by atoms with Crippen molar-refractivity contribution >= 4 is 6.09 Å². The molecule has 0 radical (unpaired) electrons. The van der Waals surface area contributed by atoms with Crippen molar-refractivity contribution in [1.29, 1.82) is 0 Å². The highest BCUT2D eigenvalue weighted by Crippen LogP contribution is 2.11. The van der Waals surface area contributed by atoms with E-state index in [1.54, 1.807) is 6.08 Å². The maximum atomic E-state index is 10.6. The third-order valence-corrected chi connectivity index (χ3v) is 1.62. The van der Waals surface area contributed by atoms with E-state index in [4.69, 9.17) is 9.84 Å². The van der Waals surface area contributed by atoms with Crippen LogP contribution < -0.4 is 5.32 Å². The molecule has 0 bridgehead atoms. The number of nitrogens with one attached hydrogen (secondary N) is 1. The van der Waals surface area contributed by atoms with Crippen molar-refractivity contribution in [2.45, 2.75) is 18.6 Å². The van der Waals surface area contributed by atoms with Gasteiger partial charge in [0.1, 0.15) is 6.10 Å². The summed E-state index contributed by atoms with van der Waals surface area (Å²) in [5.41, 5.74) is 0. The van der Waals surface area contributed by atoms with Crippen LogP contribution in [0.3, 0.4) is 0 Å². The molecule has 0 saturated carbocycles. The third kappa shape index (κ3) is 1.71. The Balaban J connectivity index is 2.49. The van der Waals surface area contributed by atoms with Crippen LogP contribution in [0.25, 0.3) is 0 Å². The van der Waals surface area contributed by atoms with E-state index in [2.05, 4.69) is 11.9 Å². The fourth-order valence-corrected chi connectivity index (χ4v) is 1.06. The maximum Gasteiger partial charge on any atom is 0.408 e. The lowest BCUT2D eigenvalue weighted by Gasteiger charge is -2.10. The van der Waals surface area contributed by atoms with E-state index >= 15 is 0 Å². The minimum absolute atomic E-state index is 0.0403. The van der Waals surface area contributed by atoms with E-state index in [1.165, 1.54) is 0 Å². The van der Waals surface area contributed by atoms with Crippen molar-refractivity contribution in [2.24, 2.45) is 0 Å². The highest BCUT2D eigenvalue weighted by molar-refractivity contribution is 5.70. The van der Waals surface area contributed by atoms with Gasteiger partial charge in [0, 0.05) is 6.61 Å². The Labute approximate surface area is 64.9 Å². The highest BCUT2D eigenvalue weighted by atomic mass is 16.6. The molecule has 4 nitrogen and oxygen atoms in total. The van der Waals surface area contributed by atoms with E-state index in [9.17, 15) is 4.79 Å². The fourth-order valence-electron chi connectivity index (χ4n) is 1.06. The zero-order valence-corrected chi connectivity index (χ0v) is 6.12. The molecular weight excluding hydrogens is 146 g/mol. The largest absolute Gasteiger partial charge is 0.440 e. The zero-order chi connectivity index (χ0) is 8.27. The Morgan fingerprint density at radius 1 is 1.82 bits per heavy atom. The van der Waals surface area contributed by atoms with Gasteiger partial charge in [-0.2, -0.15) is 0 Å². The van der Waals surface area contributed by atoms with Gasteiger partial charge in [-0.15, -0.1) is 0 Å². The topological polar surface area (TPSA) is 58.6 Å². The van der Waals surface area contributed by atoms with Crippen LogP contribution >= 0.6 is 0 Å². The number of carbonyl (C=O) groups excluding carboxylic acids is 1. The molecule has 11 heavy (non-hydrogen) atoms. The first-order valence-electron chi connectivity index (χ1n) is 3.48. The average molecular weight is 157 g/mol. The number of cyclic esters (lactones) is 1. The Kier molecular flexibility index (Phi) is 2.48. The van der Waals surface area contributed by atoms with Gasteiger partial charge in [-0.25, -0.2) is 4.79 Å². The molecular formula is C7H11NO3. The molecule has 62 valence electrons. The van der Waals surface area contributed by atoms with Crippen LogP contribution in [0, 0.1) is 0 Å². The molecule has 0 aromatic rings. The first-order valence-corrected chi connectivity index (χ1v) is 3.48. The van der Waals surface area contributed by atoms with E-state index in [0.29, 0.717) is 6.42 Å². The van der Waals surface area contributed by atoms with Gasteiger partial charge in [0.2, 0.25) is 0 Å². The van der Waals surface area contributed by atoms with Crippen molar-refractivity contribution in [3.05, 3.63) is 12.7 Å². The molecule has 1 fully saturated rings. The van der Waals surface area contributed by atoms with E-state index in [0.717, 1.165) is 0 Å². The van der Waals surface area contributed by atoms with Crippen molar-refractivity contribution in [3.8, 4) is 0 Å².